The first-order valence-electron chi connectivity index (χ1n) is 10.2. The number of hydrogen-bond donors (Lipinski definition) is 2. The topological polar surface area (TPSA) is 126 Å². The van der Waals surface area contributed by atoms with Gasteiger partial charge in [0.15, 0.2) is 0 Å². The van der Waals surface area contributed by atoms with Crippen molar-refractivity contribution in [2.45, 2.75) is 25.7 Å². The third kappa shape index (κ3) is 4.48. The lowest BCUT2D eigenvalue weighted by Crippen LogP contribution is -2.35. The number of hydrazine groups is 1. The molecule has 1 fully saturated rings. The zero-order chi connectivity index (χ0) is 24.6. The van der Waals surface area contributed by atoms with E-state index >= 15 is 0 Å². The predicted octanol–water partition coefficient (Wildman–Crippen LogP) is 2.85. The van der Waals surface area contributed by atoms with Crippen molar-refractivity contribution in [2.24, 2.45) is 0 Å². The Morgan fingerprint density at radius 3 is 2.35 bits per heavy atom. The number of rotatable bonds is 5. The first-order valence-corrected chi connectivity index (χ1v) is 11.7. The van der Waals surface area contributed by atoms with Gasteiger partial charge < -0.3 is 4.42 Å². The van der Waals surface area contributed by atoms with Crippen LogP contribution in [0.4, 0.5) is 5.69 Å². The Morgan fingerprint density at radius 1 is 1.00 bits per heavy atom. The fourth-order valence-electron chi connectivity index (χ4n) is 3.38. The van der Waals surface area contributed by atoms with Crippen molar-refractivity contribution < 1.29 is 27.2 Å². The summed E-state index contributed by atoms with van der Waals surface area (Å²) in [6, 6.07) is 14.4. The van der Waals surface area contributed by atoms with E-state index in [1.807, 2.05) is 30.7 Å². The summed E-state index contributed by atoms with van der Waals surface area (Å²) in [6.07, 6.45) is 1.36. The van der Waals surface area contributed by atoms with E-state index < -0.39 is 27.7 Å². The van der Waals surface area contributed by atoms with E-state index in [0.29, 0.717) is 17.0 Å². The van der Waals surface area contributed by atoms with Crippen molar-refractivity contribution in [3.63, 3.8) is 0 Å². The molecule has 1 aliphatic heterocycles. The summed E-state index contributed by atoms with van der Waals surface area (Å²) >= 11 is 0. The molecule has 174 valence electrons. The van der Waals surface area contributed by atoms with E-state index in [1.54, 1.807) is 18.2 Å². The highest BCUT2D eigenvalue weighted by Gasteiger charge is 2.34. The van der Waals surface area contributed by atoms with E-state index in [1.165, 1.54) is 35.4 Å². The molecule has 0 saturated carbocycles. The van der Waals surface area contributed by atoms with Crippen LogP contribution in [0, 0.1) is 13.8 Å². The molecular weight excluding hydrogens is 458 g/mol. The summed E-state index contributed by atoms with van der Waals surface area (Å²) in [5, 5.41) is 1.19. The van der Waals surface area contributed by atoms with Crippen LogP contribution in [0.25, 0.3) is 17.4 Å². The largest absolute Gasteiger partial charge is 0.457 e. The second-order valence-electron chi connectivity index (χ2n) is 7.80. The maximum absolute atomic E-state index is 12.8. The van der Waals surface area contributed by atoms with Gasteiger partial charge in [-0.15, -0.1) is 0 Å². The average molecular weight is 480 g/mol. The van der Waals surface area contributed by atoms with Crippen LogP contribution < -0.4 is 15.2 Å². The molecule has 0 bridgehead atoms. The first-order chi connectivity index (χ1) is 16.0. The first kappa shape index (κ1) is 23.0. The minimum Gasteiger partial charge on any atom is -0.457 e. The Balaban J connectivity index is 1.56. The summed E-state index contributed by atoms with van der Waals surface area (Å²) in [5.74, 6) is -1.04. The molecule has 2 N–H and O–H groups in total. The molecule has 2 heterocycles. The minimum absolute atomic E-state index is 0.0694. The molecule has 0 atom stereocenters. The summed E-state index contributed by atoms with van der Waals surface area (Å²) in [5.41, 5.74) is 5.67. The van der Waals surface area contributed by atoms with Crippen LogP contribution >= 0.6 is 0 Å². The van der Waals surface area contributed by atoms with E-state index in [0.717, 1.165) is 18.1 Å². The third-order valence-corrected chi connectivity index (χ3v) is 6.73. The highest BCUT2D eigenvalue weighted by Crippen LogP contribution is 2.27. The lowest BCUT2D eigenvalue weighted by atomic mass is 10.1. The number of nitrogens with zero attached hydrogens (tertiary/aromatic N) is 1. The van der Waals surface area contributed by atoms with Gasteiger partial charge in [-0.1, -0.05) is 6.07 Å². The number of hydrogen-bond acceptors (Lipinski definition) is 6. The Kier molecular flexibility index (Phi) is 5.84. The second-order valence-corrected chi connectivity index (χ2v) is 9.48. The van der Waals surface area contributed by atoms with Crippen LogP contribution in [-0.2, 0) is 24.4 Å². The fourth-order valence-corrected chi connectivity index (χ4v) is 4.37. The van der Waals surface area contributed by atoms with Crippen molar-refractivity contribution in [1.82, 2.24) is 10.1 Å². The molecular formula is C24H21N3O6S. The lowest BCUT2D eigenvalue weighted by Gasteiger charge is -2.15. The molecule has 0 radical (unpaired) electrons. The number of amides is 3. The summed E-state index contributed by atoms with van der Waals surface area (Å²) in [4.78, 5) is 36.3. The zero-order valence-electron chi connectivity index (χ0n) is 18.6. The van der Waals surface area contributed by atoms with Gasteiger partial charge in [0.1, 0.15) is 17.1 Å². The highest BCUT2D eigenvalue weighted by atomic mass is 32.2. The number of benzene rings is 2. The number of aryl methyl sites for hydroxylation is 2. The standard InChI is InChI=1S/C24H21N3O6S/c1-14-4-7-18(12-15(14)2)27-24(30)21(23(29)25-27)13-19-8-11-22(33-19)17-5-9-20(10-6-17)34(31,32)26-16(3)28/h4-13H,1-3H3,(H,25,29)(H,26,28). The Morgan fingerprint density at radius 2 is 1.71 bits per heavy atom. The van der Waals surface area contributed by atoms with E-state index in [2.05, 4.69) is 5.43 Å². The normalized spacial score (nSPS) is 15.0. The molecule has 3 amide bonds. The molecule has 1 saturated heterocycles. The van der Waals surface area contributed by atoms with Crippen LogP contribution in [0.15, 0.2) is 69.5 Å². The van der Waals surface area contributed by atoms with Gasteiger partial charge >= 0.3 is 0 Å². The number of carbonyl (C=O) groups excluding carboxylic acids is 3. The van der Waals surface area contributed by atoms with Gasteiger partial charge in [0.2, 0.25) is 5.91 Å². The smallest absolute Gasteiger partial charge is 0.282 e. The third-order valence-electron chi connectivity index (χ3n) is 5.28. The summed E-state index contributed by atoms with van der Waals surface area (Å²) in [6.45, 7) is 4.99. The van der Waals surface area contributed by atoms with E-state index in [-0.39, 0.29) is 16.2 Å². The number of anilines is 1. The number of nitrogens with one attached hydrogen (secondary N) is 2. The molecule has 0 unspecified atom stereocenters. The summed E-state index contributed by atoms with van der Waals surface area (Å²) in [7, 11) is -3.94. The summed E-state index contributed by atoms with van der Waals surface area (Å²) < 4.78 is 31.8. The van der Waals surface area contributed by atoms with Crippen LogP contribution in [0.1, 0.15) is 23.8 Å². The SMILES string of the molecule is CC(=O)NS(=O)(=O)c1ccc(-c2ccc(C=C3C(=O)NN(c4ccc(C)c(C)c4)C3=O)o2)cc1. The Bertz CT molecular complexity index is 1450. The molecule has 1 aromatic heterocycles. The van der Waals surface area contributed by atoms with Crippen LogP contribution in [0.2, 0.25) is 0 Å². The van der Waals surface area contributed by atoms with Crippen molar-refractivity contribution in [1.29, 1.82) is 0 Å². The van der Waals surface area contributed by atoms with Crippen LogP contribution in [0.5, 0.6) is 0 Å². The molecule has 34 heavy (non-hydrogen) atoms. The van der Waals surface area contributed by atoms with Gasteiger partial charge in [-0.05, 0) is 79.6 Å². The second kappa shape index (κ2) is 8.64. The molecule has 10 heteroatoms. The van der Waals surface area contributed by atoms with Crippen LogP contribution in [-0.4, -0.2) is 26.1 Å². The number of sulfonamides is 1. The maximum atomic E-state index is 12.8. The lowest BCUT2D eigenvalue weighted by molar-refractivity contribution is -0.118. The van der Waals surface area contributed by atoms with Crippen molar-refractivity contribution in [3.8, 4) is 11.3 Å². The van der Waals surface area contributed by atoms with Crippen molar-refractivity contribution in [2.75, 3.05) is 5.01 Å². The van der Waals surface area contributed by atoms with E-state index in [4.69, 9.17) is 4.42 Å². The number of furan rings is 1. The average Bonchev–Trinajstić information content (AvgIpc) is 3.35. The van der Waals surface area contributed by atoms with Gasteiger partial charge in [-0.2, -0.15) is 0 Å². The highest BCUT2D eigenvalue weighted by molar-refractivity contribution is 7.90. The monoisotopic (exact) mass is 479 g/mol. The molecule has 4 rings (SSSR count). The molecule has 9 nitrogen and oxygen atoms in total. The number of carbonyl (C=O) groups is 3. The van der Waals surface area contributed by atoms with Gasteiger partial charge in [0.05, 0.1) is 10.6 Å². The fraction of sp³-hybridized carbons (Fsp3) is 0.125. The van der Waals surface area contributed by atoms with Crippen molar-refractivity contribution in [3.05, 3.63) is 77.1 Å². The van der Waals surface area contributed by atoms with E-state index in [9.17, 15) is 22.8 Å². The quantitative estimate of drug-likeness (QED) is 0.428. The Labute approximate surface area is 196 Å². The van der Waals surface area contributed by atoms with Gasteiger partial charge in [-0.3, -0.25) is 19.8 Å². The molecule has 3 aromatic rings. The van der Waals surface area contributed by atoms with Crippen LogP contribution in [0.3, 0.4) is 0 Å². The van der Waals surface area contributed by atoms with Gasteiger partial charge in [-0.25, -0.2) is 18.1 Å². The maximum Gasteiger partial charge on any atom is 0.282 e. The predicted molar refractivity (Wildman–Crippen MR) is 125 cm³/mol. The molecule has 2 aromatic carbocycles. The molecule has 0 aliphatic carbocycles. The minimum atomic E-state index is -3.94. The van der Waals surface area contributed by atoms with Gasteiger partial charge in [0, 0.05) is 12.5 Å². The zero-order valence-corrected chi connectivity index (χ0v) is 19.4. The molecule has 1 aliphatic rings. The van der Waals surface area contributed by atoms with Crippen molar-refractivity contribution >= 4 is 39.5 Å². The Hall–Kier alpha value is -4.18. The molecule has 0 spiro atoms. The van der Waals surface area contributed by atoms with Gasteiger partial charge in [0.25, 0.3) is 21.8 Å².